The Morgan fingerprint density at radius 2 is 2.19 bits per heavy atom. The first kappa shape index (κ1) is 13.4. The number of morpholine rings is 1. The van der Waals surface area contributed by atoms with Crippen molar-refractivity contribution in [1.82, 2.24) is 15.3 Å². The van der Waals surface area contributed by atoms with Gasteiger partial charge < -0.3 is 19.7 Å². The molecular formula is C15H22N4O2. The number of nitrogens with one attached hydrogen (secondary N) is 1. The molecule has 0 aliphatic carbocycles. The number of rotatable bonds is 1. The van der Waals surface area contributed by atoms with Crippen molar-refractivity contribution < 1.29 is 9.47 Å². The molecule has 114 valence electrons. The Bertz CT molecular complexity index is 510. The summed E-state index contributed by atoms with van der Waals surface area (Å²) < 4.78 is 11.5. The number of anilines is 1. The summed E-state index contributed by atoms with van der Waals surface area (Å²) in [7, 11) is 0. The number of piperidine rings is 1. The molecule has 1 atom stereocenters. The van der Waals surface area contributed by atoms with E-state index in [0.29, 0.717) is 6.61 Å². The van der Waals surface area contributed by atoms with E-state index in [1.807, 2.05) is 6.20 Å². The van der Waals surface area contributed by atoms with Crippen LogP contribution in [0.3, 0.4) is 0 Å². The first-order chi connectivity index (χ1) is 10.3. The highest BCUT2D eigenvalue weighted by atomic mass is 16.5. The molecule has 1 N–H and O–H groups in total. The molecular weight excluding hydrogens is 268 g/mol. The molecule has 0 bridgehead atoms. The smallest absolute Gasteiger partial charge is 0.225 e. The molecule has 4 rings (SSSR count). The number of aromatic nitrogens is 2. The predicted molar refractivity (Wildman–Crippen MR) is 78.4 cm³/mol. The highest BCUT2D eigenvalue weighted by Crippen LogP contribution is 2.32. The van der Waals surface area contributed by atoms with Gasteiger partial charge in [-0.05, 0) is 19.4 Å². The quantitative estimate of drug-likeness (QED) is 0.813. The van der Waals surface area contributed by atoms with Gasteiger partial charge in [0.25, 0.3) is 0 Å². The predicted octanol–water partition coefficient (Wildman–Crippen LogP) is 0.508. The molecule has 21 heavy (non-hydrogen) atoms. The van der Waals surface area contributed by atoms with Crippen LogP contribution in [0.15, 0.2) is 6.20 Å². The Kier molecular flexibility index (Phi) is 3.52. The molecule has 1 spiro atoms. The Balaban J connectivity index is 1.57. The van der Waals surface area contributed by atoms with E-state index >= 15 is 0 Å². The molecule has 3 aliphatic rings. The molecule has 1 unspecified atom stereocenters. The van der Waals surface area contributed by atoms with E-state index in [1.54, 1.807) is 0 Å². The van der Waals surface area contributed by atoms with Crippen LogP contribution in [0.1, 0.15) is 24.1 Å². The van der Waals surface area contributed by atoms with Crippen molar-refractivity contribution in [2.24, 2.45) is 0 Å². The summed E-state index contributed by atoms with van der Waals surface area (Å²) >= 11 is 0. The summed E-state index contributed by atoms with van der Waals surface area (Å²) in [4.78, 5) is 11.6. The second kappa shape index (κ2) is 5.51. The van der Waals surface area contributed by atoms with E-state index in [1.165, 1.54) is 12.1 Å². The molecule has 3 aliphatic heterocycles. The molecule has 1 aromatic rings. The molecule has 6 heteroatoms. The van der Waals surface area contributed by atoms with E-state index in [2.05, 4.69) is 15.2 Å². The number of hydrogen-bond donors (Lipinski definition) is 1. The van der Waals surface area contributed by atoms with Crippen LogP contribution < -0.4 is 10.2 Å². The average Bonchev–Trinajstić information content (AvgIpc) is 2.56. The van der Waals surface area contributed by atoms with Crippen molar-refractivity contribution >= 4 is 5.95 Å². The van der Waals surface area contributed by atoms with E-state index in [9.17, 15) is 0 Å². The Morgan fingerprint density at radius 1 is 1.29 bits per heavy atom. The van der Waals surface area contributed by atoms with Gasteiger partial charge in [-0.15, -0.1) is 0 Å². The minimum absolute atomic E-state index is 0.0537. The SMILES string of the molecule is c1nc(N2CCOCC2)nc2c1COC1(CCCNC1)C2. The minimum atomic E-state index is -0.0537. The lowest BCUT2D eigenvalue weighted by Gasteiger charge is -2.41. The van der Waals surface area contributed by atoms with Crippen LogP contribution in [-0.4, -0.2) is 55.0 Å². The largest absolute Gasteiger partial charge is 0.378 e. The van der Waals surface area contributed by atoms with Crippen LogP contribution in [0.2, 0.25) is 0 Å². The summed E-state index contributed by atoms with van der Waals surface area (Å²) in [5, 5.41) is 3.46. The Labute approximate surface area is 124 Å². The fraction of sp³-hybridized carbons (Fsp3) is 0.733. The Morgan fingerprint density at radius 3 is 3.00 bits per heavy atom. The summed E-state index contributed by atoms with van der Waals surface area (Å²) in [6.07, 6.45) is 5.14. The van der Waals surface area contributed by atoms with Crippen molar-refractivity contribution in [3.63, 3.8) is 0 Å². The first-order valence-corrected chi connectivity index (χ1v) is 7.87. The van der Waals surface area contributed by atoms with Crippen molar-refractivity contribution in [3.05, 3.63) is 17.5 Å². The topological polar surface area (TPSA) is 59.5 Å². The van der Waals surface area contributed by atoms with Gasteiger partial charge in [0.2, 0.25) is 5.95 Å². The molecule has 2 saturated heterocycles. The second-order valence-corrected chi connectivity index (χ2v) is 6.17. The number of ether oxygens (including phenoxy) is 2. The maximum atomic E-state index is 6.14. The van der Waals surface area contributed by atoms with Crippen LogP contribution in [0, 0.1) is 0 Å². The molecule has 0 radical (unpaired) electrons. The lowest BCUT2D eigenvalue weighted by molar-refractivity contribution is -0.0817. The van der Waals surface area contributed by atoms with Crippen LogP contribution in [0.25, 0.3) is 0 Å². The monoisotopic (exact) mass is 290 g/mol. The summed E-state index contributed by atoms with van der Waals surface area (Å²) in [5.41, 5.74) is 2.26. The summed E-state index contributed by atoms with van der Waals surface area (Å²) in [5.74, 6) is 0.845. The molecule has 6 nitrogen and oxygen atoms in total. The average molecular weight is 290 g/mol. The summed E-state index contributed by atoms with van der Waals surface area (Å²) in [6, 6.07) is 0. The van der Waals surface area contributed by atoms with Gasteiger partial charge in [-0.1, -0.05) is 0 Å². The van der Waals surface area contributed by atoms with Crippen molar-refractivity contribution in [2.45, 2.75) is 31.5 Å². The van der Waals surface area contributed by atoms with E-state index in [4.69, 9.17) is 14.5 Å². The number of nitrogens with zero attached hydrogens (tertiary/aromatic N) is 3. The second-order valence-electron chi connectivity index (χ2n) is 6.17. The van der Waals surface area contributed by atoms with Gasteiger partial charge in [-0.3, -0.25) is 0 Å². The fourth-order valence-electron chi connectivity index (χ4n) is 3.42. The van der Waals surface area contributed by atoms with Gasteiger partial charge in [0.1, 0.15) is 0 Å². The first-order valence-electron chi connectivity index (χ1n) is 7.87. The number of hydrogen-bond acceptors (Lipinski definition) is 6. The van der Waals surface area contributed by atoms with Crippen LogP contribution in [0.5, 0.6) is 0 Å². The molecule has 2 fully saturated rings. The molecule has 4 heterocycles. The van der Waals surface area contributed by atoms with Crippen molar-refractivity contribution in [3.8, 4) is 0 Å². The van der Waals surface area contributed by atoms with Gasteiger partial charge >= 0.3 is 0 Å². The zero-order chi connectivity index (χ0) is 14.1. The molecule has 0 amide bonds. The highest BCUT2D eigenvalue weighted by Gasteiger charge is 2.38. The van der Waals surface area contributed by atoms with Gasteiger partial charge in [0.05, 0.1) is 31.1 Å². The van der Waals surface area contributed by atoms with Gasteiger partial charge in [-0.25, -0.2) is 9.97 Å². The third-order valence-electron chi connectivity index (χ3n) is 4.69. The van der Waals surface area contributed by atoms with Crippen molar-refractivity contribution in [1.29, 1.82) is 0 Å². The molecule has 0 saturated carbocycles. The standard InChI is InChI=1S/C15H22N4O2/c1-2-15(11-16-3-1)8-13-12(10-21-15)9-17-14(18-13)19-4-6-20-7-5-19/h9,16H,1-8,10-11H2. The zero-order valence-electron chi connectivity index (χ0n) is 12.3. The van der Waals surface area contributed by atoms with Crippen LogP contribution >= 0.6 is 0 Å². The fourth-order valence-corrected chi connectivity index (χ4v) is 3.42. The maximum Gasteiger partial charge on any atom is 0.225 e. The van der Waals surface area contributed by atoms with Crippen LogP contribution in [0.4, 0.5) is 5.95 Å². The molecule has 1 aromatic heterocycles. The number of fused-ring (bicyclic) bond motifs is 1. The zero-order valence-corrected chi connectivity index (χ0v) is 12.3. The van der Waals surface area contributed by atoms with Gasteiger partial charge in [-0.2, -0.15) is 0 Å². The van der Waals surface area contributed by atoms with E-state index < -0.39 is 0 Å². The van der Waals surface area contributed by atoms with Gasteiger partial charge in [0, 0.05) is 37.8 Å². The van der Waals surface area contributed by atoms with Gasteiger partial charge in [0.15, 0.2) is 0 Å². The minimum Gasteiger partial charge on any atom is -0.378 e. The molecule has 0 aromatic carbocycles. The lowest BCUT2D eigenvalue weighted by atomic mass is 9.86. The van der Waals surface area contributed by atoms with E-state index in [0.717, 1.165) is 63.7 Å². The maximum absolute atomic E-state index is 6.14. The van der Waals surface area contributed by atoms with Crippen molar-refractivity contribution in [2.75, 3.05) is 44.3 Å². The lowest BCUT2D eigenvalue weighted by Crippen LogP contribution is -2.51. The highest BCUT2D eigenvalue weighted by molar-refractivity contribution is 5.35. The van der Waals surface area contributed by atoms with Crippen LogP contribution in [-0.2, 0) is 22.5 Å². The third kappa shape index (κ3) is 2.63. The normalized spacial score (nSPS) is 29.4. The van der Waals surface area contributed by atoms with E-state index in [-0.39, 0.29) is 5.60 Å². The third-order valence-corrected chi connectivity index (χ3v) is 4.69. The Hall–Kier alpha value is -1.24. The summed E-state index contributed by atoms with van der Waals surface area (Å²) in [6.45, 7) is 5.95.